The maximum atomic E-state index is 5.97. The van der Waals surface area contributed by atoms with Crippen molar-refractivity contribution < 1.29 is 4.74 Å². The Balaban J connectivity index is 1.58. The SMILES string of the molecule is c1ccc(OC[C@@H]2CCCN3CCCC[C@H]23)cc1. The van der Waals surface area contributed by atoms with Gasteiger partial charge in [-0.2, -0.15) is 0 Å². The average Bonchev–Trinajstić information content (AvgIpc) is 2.46. The van der Waals surface area contributed by atoms with Crippen LogP contribution in [-0.2, 0) is 0 Å². The molecule has 98 valence electrons. The van der Waals surface area contributed by atoms with Gasteiger partial charge in [0.05, 0.1) is 6.61 Å². The molecule has 1 aromatic rings. The fraction of sp³-hybridized carbons (Fsp3) is 0.625. The van der Waals surface area contributed by atoms with Crippen LogP contribution in [0.4, 0.5) is 0 Å². The molecule has 0 aliphatic carbocycles. The lowest BCUT2D eigenvalue weighted by Crippen LogP contribution is -2.49. The lowest BCUT2D eigenvalue weighted by atomic mass is 9.84. The van der Waals surface area contributed by atoms with Crippen LogP contribution in [0.25, 0.3) is 0 Å². The molecule has 0 radical (unpaired) electrons. The van der Waals surface area contributed by atoms with Gasteiger partial charge in [0.1, 0.15) is 5.75 Å². The minimum atomic E-state index is 0.735. The van der Waals surface area contributed by atoms with E-state index in [0.29, 0.717) is 0 Å². The third-order valence-corrected chi connectivity index (χ3v) is 4.44. The van der Waals surface area contributed by atoms with Crippen molar-refractivity contribution in [2.75, 3.05) is 19.7 Å². The van der Waals surface area contributed by atoms with E-state index >= 15 is 0 Å². The number of benzene rings is 1. The summed E-state index contributed by atoms with van der Waals surface area (Å²) in [5, 5.41) is 0. The van der Waals surface area contributed by atoms with Crippen molar-refractivity contribution in [2.45, 2.75) is 38.1 Å². The van der Waals surface area contributed by atoms with Gasteiger partial charge < -0.3 is 4.74 Å². The summed E-state index contributed by atoms with van der Waals surface area (Å²) in [5.74, 6) is 1.75. The van der Waals surface area contributed by atoms with Gasteiger partial charge in [-0.25, -0.2) is 0 Å². The van der Waals surface area contributed by atoms with Crippen LogP contribution in [0.1, 0.15) is 32.1 Å². The summed E-state index contributed by atoms with van der Waals surface area (Å²) in [6, 6.07) is 11.0. The molecule has 0 spiro atoms. The van der Waals surface area contributed by atoms with Gasteiger partial charge in [0.15, 0.2) is 0 Å². The van der Waals surface area contributed by atoms with E-state index in [9.17, 15) is 0 Å². The third kappa shape index (κ3) is 2.69. The standard InChI is InChI=1S/C16H23NO/c1-2-8-15(9-3-1)18-13-14-7-6-12-17-11-5-4-10-16(14)17/h1-3,8-9,14,16H,4-7,10-13H2/t14-,16+/m0/s1. The Hall–Kier alpha value is -1.02. The summed E-state index contributed by atoms with van der Waals surface area (Å²) in [6.45, 7) is 3.52. The summed E-state index contributed by atoms with van der Waals surface area (Å²) < 4.78 is 5.97. The summed E-state index contributed by atoms with van der Waals surface area (Å²) >= 11 is 0. The molecule has 1 aromatic carbocycles. The maximum absolute atomic E-state index is 5.97. The van der Waals surface area contributed by atoms with E-state index in [1.165, 1.54) is 45.2 Å². The predicted molar refractivity (Wildman–Crippen MR) is 73.9 cm³/mol. The van der Waals surface area contributed by atoms with Gasteiger partial charge in [0, 0.05) is 12.0 Å². The zero-order valence-electron chi connectivity index (χ0n) is 11.1. The molecule has 2 heterocycles. The van der Waals surface area contributed by atoms with Gasteiger partial charge in [0.25, 0.3) is 0 Å². The minimum absolute atomic E-state index is 0.735. The molecule has 2 aliphatic rings. The molecule has 2 nitrogen and oxygen atoms in total. The number of hydrogen-bond acceptors (Lipinski definition) is 2. The van der Waals surface area contributed by atoms with E-state index in [0.717, 1.165) is 24.3 Å². The third-order valence-electron chi connectivity index (χ3n) is 4.44. The van der Waals surface area contributed by atoms with Crippen LogP contribution >= 0.6 is 0 Å². The first kappa shape index (κ1) is 12.0. The largest absolute Gasteiger partial charge is 0.493 e. The molecule has 0 aromatic heterocycles. The molecule has 18 heavy (non-hydrogen) atoms. The van der Waals surface area contributed by atoms with E-state index in [1.54, 1.807) is 0 Å². The number of nitrogens with zero attached hydrogens (tertiary/aromatic N) is 1. The maximum Gasteiger partial charge on any atom is 0.119 e. The molecular formula is C16H23NO. The highest BCUT2D eigenvalue weighted by Crippen LogP contribution is 2.31. The van der Waals surface area contributed by atoms with Gasteiger partial charge in [-0.1, -0.05) is 24.6 Å². The van der Waals surface area contributed by atoms with Crippen LogP contribution in [0, 0.1) is 5.92 Å². The second-order valence-corrected chi connectivity index (χ2v) is 5.63. The van der Waals surface area contributed by atoms with Gasteiger partial charge in [0.2, 0.25) is 0 Å². The molecule has 2 fully saturated rings. The van der Waals surface area contributed by atoms with Crippen LogP contribution in [-0.4, -0.2) is 30.6 Å². The number of piperidine rings is 2. The van der Waals surface area contributed by atoms with Crippen molar-refractivity contribution in [3.8, 4) is 5.75 Å². The number of para-hydroxylation sites is 1. The highest BCUT2D eigenvalue weighted by atomic mass is 16.5. The first-order chi connectivity index (χ1) is 8.93. The highest BCUT2D eigenvalue weighted by molar-refractivity contribution is 5.20. The fourth-order valence-electron chi connectivity index (χ4n) is 3.49. The van der Waals surface area contributed by atoms with Crippen LogP contribution in [0.3, 0.4) is 0 Å². The Kier molecular flexibility index (Phi) is 3.84. The van der Waals surface area contributed by atoms with Crippen LogP contribution in [0.5, 0.6) is 5.75 Å². The first-order valence-corrected chi connectivity index (χ1v) is 7.35. The zero-order chi connectivity index (χ0) is 12.2. The highest BCUT2D eigenvalue weighted by Gasteiger charge is 2.33. The normalized spacial score (nSPS) is 28.7. The second kappa shape index (κ2) is 5.75. The number of hydrogen-bond donors (Lipinski definition) is 0. The summed E-state index contributed by atoms with van der Waals surface area (Å²) in [7, 11) is 0. The Morgan fingerprint density at radius 2 is 1.83 bits per heavy atom. The Morgan fingerprint density at radius 1 is 1.00 bits per heavy atom. The Bertz CT molecular complexity index is 363. The zero-order valence-corrected chi connectivity index (χ0v) is 11.1. The van der Waals surface area contributed by atoms with Gasteiger partial charge >= 0.3 is 0 Å². The van der Waals surface area contributed by atoms with Gasteiger partial charge in [-0.15, -0.1) is 0 Å². The van der Waals surface area contributed by atoms with Gasteiger partial charge in [-0.05, 0) is 50.9 Å². The van der Waals surface area contributed by atoms with Crippen molar-refractivity contribution in [3.05, 3.63) is 30.3 Å². The molecule has 2 saturated heterocycles. The summed E-state index contributed by atoms with van der Waals surface area (Å²) in [4.78, 5) is 2.70. The van der Waals surface area contributed by atoms with E-state index in [2.05, 4.69) is 17.0 Å². The molecule has 0 saturated carbocycles. The molecule has 0 N–H and O–H groups in total. The first-order valence-electron chi connectivity index (χ1n) is 7.35. The van der Waals surface area contributed by atoms with Crippen molar-refractivity contribution in [1.29, 1.82) is 0 Å². The van der Waals surface area contributed by atoms with Crippen LogP contribution < -0.4 is 4.74 Å². The molecule has 2 aliphatic heterocycles. The van der Waals surface area contributed by atoms with E-state index < -0.39 is 0 Å². The molecule has 0 unspecified atom stereocenters. The summed E-state index contributed by atoms with van der Waals surface area (Å²) in [6.07, 6.45) is 6.86. The average molecular weight is 245 g/mol. The molecule has 2 atom stereocenters. The van der Waals surface area contributed by atoms with Crippen LogP contribution in [0.2, 0.25) is 0 Å². The molecular weight excluding hydrogens is 222 g/mol. The molecule has 0 bridgehead atoms. The minimum Gasteiger partial charge on any atom is -0.493 e. The monoisotopic (exact) mass is 245 g/mol. The topological polar surface area (TPSA) is 12.5 Å². The smallest absolute Gasteiger partial charge is 0.119 e. The lowest BCUT2D eigenvalue weighted by molar-refractivity contribution is 0.0366. The van der Waals surface area contributed by atoms with Crippen molar-refractivity contribution in [2.24, 2.45) is 5.92 Å². The molecule has 3 rings (SSSR count). The fourth-order valence-corrected chi connectivity index (χ4v) is 3.49. The Labute approximate surface area is 110 Å². The van der Waals surface area contributed by atoms with E-state index in [1.807, 2.05) is 18.2 Å². The number of ether oxygens (including phenoxy) is 1. The quantitative estimate of drug-likeness (QED) is 0.810. The lowest BCUT2D eigenvalue weighted by Gasteiger charge is -2.44. The summed E-state index contributed by atoms with van der Waals surface area (Å²) in [5.41, 5.74) is 0. The molecule has 2 heteroatoms. The van der Waals surface area contributed by atoms with Crippen molar-refractivity contribution in [1.82, 2.24) is 4.90 Å². The second-order valence-electron chi connectivity index (χ2n) is 5.63. The van der Waals surface area contributed by atoms with E-state index in [-0.39, 0.29) is 0 Å². The Morgan fingerprint density at radius 3 is 2.72 bits per heavy atom. The van der Waals surface area contributed by atoms with Crippen molar-refractivity contribution >= 4 is 0 Å². The van der Waals surface area contributed by atoms with E-state index in [4.69, 9.17) is 4.74 Å². The predicted octanol–water partition coefficient (Wildman–Crippen LogP) is 3.33. The molecule has 0 amide bonds. The van der Waals surface area contributed by atoms with Crippen LogP contribution in [0.15, 0.2) is 30.3 Å². The van der Waals surface area contributed by atoms with Gasteiger partial charge in [-0.3, -0.25) is 4.90 Å². The number of fused-ring (bicyclic) bond motifs is 1. The van der Waals surface area contributed by atoms with Crippen molar-refractivity contribution in [3.63, 3.8) is 0 Å². The number of rotatable bonds is 3.